The first-order valence-electron chi connectivity index (χ1n) is 9.04. The van der Waals surface area contributed by atoms with Gasteiger partial charge in [0.25, 0.3) is 0 Å². The molecule has 0 nitrogen and oxygen atoms in total. The first-order valence-corrected chi connectivity index (χ1v) is 15.3. The molecule has 0 aliphatic heterocycles. The van der Waals surface area contributed by atoms with E-state index >= 15 is 0 Å². The van der Waals surface area contributed by atoms with Crippen LogP contribution in [0.3, 0.4) is 0 Å². The Hall–Kier alpha value is 3.65. The number of rotatable bonds is 10. The Labute approximate surface area is 220 Å². The highest BCUT2D eigenvalue weighted by Crippen LogP contribution is 2.41. The predicted octanol–water partition coefficient (Wildman–Crippen LogP) is 8.86. The maximum Gasteiger partial charge on any atom is 0.0181 e. The molecule has 0 aromatic carbocycles. The van der Waals surface area contributed by atoms with E-state index in [4.69, 9.17) is 0 Å². The summed E-state index contributed by atoms with van der Waals surface area (Å²) >= 11 is 13.5. The Morgan fingerprint density at radius 3 is 0.875 bits per heavy atom. The van der Waals surface area contributed by atoms with Gasteiger partial charge in [-0.15, -0.1) is 0 Å². The lowest BCUT2D eigenvalue weighted by atomic mass is 9.81. The molecular weight excluding hydrogens is 863 g/mol. The second kappa shape index (κ2) is 13.1. The van der Waals surface area contributed by atoms with Crippen LogP contribution in [-0.2, 0) is 0 Å². The van der Waals surface area contributed by atoms with Crippen LogP contribution < -0.4 is 0 Å². The van der Waals surface area contributed by atoms with E-state index in [2.05, 4.69) is 168 Å². The number of alkyl halides is 5. The van der Waals surface area contributed by atoms with Crippen molar-refractivity contribution in [3.63, 3.8) is 0 Å². The van der Waals surface area contributed by atoms with Gasteiger partial charge in [-0.1, -0.05) is 168 Å². The molecule has 0 aromatic rings. The van der Waals surface area contributed by atoms with E-state index in [-0.39, 0.29) is 0 Å². The van der Waals surface area contributed by atoms with Gasteiger partial charge in [0.1, 0.15) is 0 Å². The molecule has 0 aliphatic rings. The standard InChI is InChI=1S/C19H35I5/c1-9(2)10(3)16(21)12(5)18(23)14(7)19(24)13(6)17(22)11(4)15(8)20/h9-19H,1-8H3. The van der Waals surface area contributed by atoms with Crippen molar-refractivity contribution >= 4 is 113 Å². The van der Waals surface area contributed by atoms with Crippen molar-refractivity contribution in [3.8, 4) is 0 Å². The molecule has 0 radical (unpaired) electrons. The van der Waals surface area contributed by atoms with Gasteiger partial charge < -0.3 is 0 Å². The first-order chi connectivity index (χ1) is 10.8. The second-order valence-electron chi connectivity index (χ2n) is 7.99. The molecule has 5 heteroatoms. The van der Waals surface area contributed by atoms with Crippen LogP contribution in [0.2, 0.25) is 0 Å². The molecule has 24 heavy (non-hydrogen) atoms. The van der Waals surface area contributed by atoms with E-state index in [0.29, 0.717) is 0 Å². The molecule has 0 N–H and O–H groups in total. The number of hydrogen-bond donors (Lipinski definition) is 0. The summed E-state index contributed by atoms with van der Waals surface area (Å²) < 4.78 is 3.73. The normalized spacial score (nSPS) is 25.2. The van der Waals surface area contributed by atoms with Gasteiger partial charge in [0, 0.05) is 19.6 Å². The molecule has 146 valence electrons. The molecule has 0 heterocycles. The molecule has 0 saturated carbocycles. The van der Waals surface area contributed by atoms with Crippen LogP contribution >= 0.6 is 113 Å². The van der Waals surface area contributed by atoms with E-state index in [1.165, 1.54) is 0 Å². The Morgan fingerprint density at radius 2 is 0.625 bits per heavy atom. The molecule has 0 aromatic heterocycles. The summed E-state index contributed by atoms with van der Waals surface area (Å²) in [6.07, 6.45) is 0. The van der Waals surface area contributed by atoms with Crippen molar-refractivity contribution in [1.82, 2.24) is 0 Å². The van der Waals surface area contributed by atoms with Crippen LogP contribution in [0.5, 0.6) is 0 Å². The van der Waals surface area contributed by atoms with Crippen molar-refractivity contribution in [1.29, 1.82) is 0 Å². The lowest BCUT2D eigenvalue weighted by Crippen LogP contribution is -2.39. The van der Waals surface area contributed by atoms with E-state index < -0.39 is 0 Å². The van der Waals surface area contributed by atoms with Gasteiger partial charge in [0.05, 0.1) is 0 Å². The minimum Gasteiger partial charge on any atom is -0.0826 e. The molecular formula is C19H35I5. The molecule has 0 bridgehead atoms. The lowest BCUT2D eigenvalue weighted by molar-refractivity contribution is 0.313. The van der Waals surface area contributed by atoms with Gasteiger partial charge in [0.2, 0.25) is 0 Å². The molecule has 10 unspecified atom stereocenters. The maximum absolute atomic E-state index is 2.75. The van der Waals surface area contributed by atoms with Gasteiger partial charge in [-0.2, -0.15) is 0 Å². The largest absolute Gasteiger partial charge is 0.0826 e. The summed E-state index contributed by atoms with van der Waals surface area (Å²) in [5.74, 6) is 4.60. The third-order valence-electron chi connectivity index (χ3n) is 5.79. The highest BCUT2D eigenvalue weighted by molar-refractivity contribution is 14.1. The zero-order chi connectivity index (χ0) is 19.4. The van der Waals surface area contributed by atoms with Crippen molar-refractivity contribution in [2.24, 2.45) is 35.5 Å². The molecule has 0 aliphatic carbocycles. The molecule has 0 amide bonds. The van der Waals surface area contributed by atoms with Crippen LogP contribution in [0.15, 0.2) is 0 Å². The summed E-state index contributed by atoms with van der Waals surface area (Å²) in [6.45, 7) is 19.4. The minimum atomic E-state index is 0.740. The fourth-order valence-corrected chi connectivity index (χ4v) is 10.8. The van der Waals surface area contributed by atoms with E-state index in [1.807, 2.05) is 0 Å². The van der Waals surface area contributed by atoms with Crippen molar-refractivity contribution in [2.45, 2.75) is 75.0 Å². The van der Waals surface area contributed by atoms with Crippen LogP contribution in [0.4, 0.5) is 0 Å². The summed E-state index contributed by atoms with van der Waals surface area (Å²) in [7, 11) is 0. The van der Waals surface area contributed by atoms with Gasteiger partial charge in [-0.3, -0.25) is 0 Å². The van der Waals surface area contributed by atoms with Crippen molar-refractivity contribution < 1.29 is 0 Å². The topological polar surface area (TPSA) is 0 Å². The summed E-state index contributed by atoms with van der Waals surface area (Å²) in [4.78, 5) is 0. The SMILES string of the molecule is CC(C)C(C)C(I)C(C)C(I)C(C)C(I)C(C)C(I)C(C)C(C)I. The van der Waals surface area contributed by atoms with Crippen molar-refractivity contribution in [2.75, 3.05) is 0 Å². The van der Waals surface area contributed by atoms with Gasteiger partial charge in [-0.25, -0.2) is 0 Å². The number of hydrogen-bond acceptors (Lipinski definition) is 0. The molecule has 0 rings (SSSR count). The minimum absolute atomic E-state index is 0.740. The Bertz CT molecular complexity index is 315. The monoisotopic (exact) mass is 898 g/mol. The molecule has 0 saturated heterocycles. The van der Waals surface area contributed by atoms with Crippen molar-refractivity contribution in [3.05, 3.63) is 0 Å². The highest BCUT2D eigenvalue weighted by atomic mass is 127. The zero-order valence-electron chi connectivity index (χ0n) is 16.2. The van der Waals surface area contributed by atoms with Crippen LogP contribution in [0, 0.1) is 35.5 Å². The third kappa shape index (κ3) is 8.18. The quantitative estimate of drug-likeness (QED) is 0.152. The smallest absolute Gasteiger partial charge is 0.0181 e. The van der Waals surface area contributed by atoms with E-state index in [9.17, 15) is 0 Å². The summed E-state index contributed by atoms with van der Waals surface area (Å²) in [6, 6.07) is 0. The average molecular weight is 898 g/mol. The van der Waals surface area contributed by atoms with Crippen LogP contribution in [0.1, 0.15) is 55.4 Å². The van der Waals surface area contributed by atoms with Gasteiger partial charge in [-0.05, 0) is 35.5 Å². The molecule has 0 spiro atoms. The van der Waals surface area contributed by atoms with Gasteiger partial charge in [0.15, 0.2) is 0 Å². The average Bonchev–Trinajstić information content (AvgIpc) is 2.55. The molecule has 0 fully saturated rings. The Morgan fingerprint density at radius 1 is 0.375 bits per heavy atom. The fraction of sp³-hybridized carbons (Fsp3) is 1.00. The Balaban J connectivity index is 4.95. The second-order valence-corrected chi connectivity index (χ2v) is 15.7. The predicted molar refractivity (Wildman–Crippen MR) is 155 cm³/mol. The number of halogens is 5. The highest BCUT2D eigenvalue weighted by Gasteiger charge is 2.37. The summed E-state index contributed by atoms with van der Waals surface area (Å²) in [5.41, 5.74) is 0. The van der Waals surface area contributed by atoms with E-state index in [1.54, 1.807) is 0 Å². The van der Waals surface area contributed by atoms with Crippen LogP contribution in [0.25, 0.3) is 0 Å². The maximum atomic E-state index is 2.75. The molecule has 10 atom stereocenters. The van der Waals surface area contributed by atoms with Crippen LogP contribution in [-0.4, -0.2) is 19.6 Å². The lowest BCUT2D eigenvalue weighted by Gasteiger charge is -2.38. The Kier molecular flexibility index (Phi) is 15.0. The van der Waals surface area contributed by atoms with E-state index in [0.717, 1.165) is 55.1 Å². The fourth-order valence-electron chi connectivity index (χ4n) is 3.06. The first kappa shape index (κ1) is 27.6. The third-order valence-corrected chi connectivity index (χ3v) is 16.0. The zero-order valence-corrected chi connectivity index (χ0v) is 27.0. The summed E-state index contributed by atoms with van der Waals surface area (Å²) in [5, 5.41) is 0. The van der Waals surface area contributed by atoms with Gasteiger partial charge >= 0.3 is 0 Å².